The molecule has 83 heavy (non-hydrogen) atoms. The van der Waals surface area contributed by atoms with Crippen molar-refractivity contribution >= 4 is 92.4 Å². The molecule has 0 radical (unpaired) electrons. The first-order valence-electron chi connectivity index (χ1n) is 27.6. The number of phenols is 1. The van der Waals surface area contributed by atoms with Crippen molar-refractivity contribution in [2.24, 2.45) is 35.5 Å². The number of rotatable bonds is 13. The van der Waals surface area contributed by atoms with E-state index in [9.17, 15) is 53.7 Å². The average molecular weight is 1150 g/mol. The lowest BCUT2D eigenvalue weighted by Crippen LogP contribution is -2.47. The Kier molecular flexibility index (Phi) is 19.5. The number of aromatic nitrogens is 1. The molecule has 4 aromatic rings. The van der Waals surface area contributed by atoms with Crippen molar-refractivity contribution in [3.63, 3.8) is 0 Å². The van der Waals surface area contributed by atoms with Crippen molar-refractivity contribution in [3.8, 4) is 11.5 Å². The highest BCUT2D eigenvalue weighted by Crippen LogP contribution is 2.42. The number of aliphatic hydroxyl groups is 2. The fraction of sp³-hybridized carbons (Fsp3) is 0.500. The number of nitrogens with one attached hydrogen (secondary N) is 2. The van der Waals surface area contributed by atoms with Gasteiger partial charge in [-0.1, -0.05) is 66.7 Å². The Morgan fingerprint density at radius 3 is 2.20 bits per heavy atom. The highest BCUT2D eigenvalue weighted by molar-refractivity contribution is 6.17. The van der Waals surface area contributed by atoms with Gasteiger partial charge >= 0.3 is 23.7 Å². The number of hydrogen-bond donors (Lipinski definition) is 5. The summed E-state index contributed by atoms with van der Waals surface area (Å²) in [6.45, 7) is 21.1. The van der Waals surface area contributed by atoms with Crippen molar-refractivity contribution < 1.29 is 77.0 Å². The van der Waals surface area contributed by atoms with Gasteiger partial charge in [0.15, 0.2) is 29.0 Å². The quantitative estimate of drug-likeness (QED) is 0.0302. The van der Waals surface area contributed by atoms with Crippen LogP contribution in [0.15, 0.2) is 62.3 Å². The van der Waals surface area contributed by atoms with Crippen LogP contribution in [0.4, 0.5) is 11.4 Å². The van der Waals surface area contributed by atoms with E-state index >= 15 is 4.79 Å². The van der Waals surface area contributed by atoms with Gasteiger partial charge in [-0.15, -0.1) is 0 Å². The molecule has 4 aliphatic rings. The molecule has 23 heteroatoms. The van der Waals surface area contributed by atoms with E-state index in [2.05, 4.69) is 29.4 Å². The number of carbonyl (C=O) groups is 7. The number of allylic oxidation sites excluding steroid dienone is 3. The van der Waals surface area contributed by atoms with Gasteiger partial charge in [0.2, 0.25) is 16.8 Å². The summed E-state index contributed by atoms with van der Waals surface area (Å²) in [6.07, 6.45) is 3.29. The fourth-order valence-corrected chi connectivity index (χ4v) is 10.8. The summed E-state index contributed by atoms with van der Waals surface area (Å²) >= 11 is 0. The van der Waals surface area contributed by atoms with Gasteiger partial charge in [0, 0.05) is 105 Å². The molecule has 9 atom stereocenters. The molecule has 8 rings (SSSR count). The molecule has 5 N–H and O–H groups in total. The van der Waals surface area contributed by atoms with Crippen LogP contribution in [0, 0.1) is 42.4 Å². The summed E-state index contributed by atoms with van der Waals surface area (Å²) in [5, 5.41) is 40.6. The highest BCUT2D eigenvalue weighted by atomic mass is 16.7. The number of phenolic OH excluding ortho intramolecular Hbond substituents is 1. The Balaban J connectivity index is 1.33. The number of nitrogens with zero attached hydrogens (tertiary/aromatic N) is 3. The van der Waals surface area contributed by atoms with Gasteiger partial charge in [-0.25, -0.2) is 9.78 Å². The molecule has 1 fully saturated rings. The van der Waals surface area contributed by atoms with Gasteiger partial charge in [-0.05, 0) is 37.7 Å². The van der Waals surface area contributed by atoms with Gasteiger partial charge < -0.3 is 68.5 Å². The van der Waals surface area contributed by atoms with Crippen LogP contribution in [0.5, 0.6) is 11.5 Å². The Labute approximate surface area is 478 Å². The molecule has 0 saturated carbocycles. The van der Waals surface area contributed by atoms with Crippen LogP contribution in [-0.4, -0.2) is 137 Å². The number of esters is 3. The van der Waals surface area contributed by atoms with E-state index in [4.69, 9.17) is 33.1 Å². The molecule has 0 aliphatic carbocycles. The van der Waals surface area contributed by atoms with Gasteiger partial charge in [0.1, 0.15) is 53.5 Å². The lowest BCUT2D eigenvalue weighted by Gasteiger charge is -2.38. The number of aromatic hydroxyl groups is 1. The largest absolute Gasteiger partial charge is 0.507 e. The maximum absolute atomic E-state index is 15.1. The number of benzene rings is 3. The van der Waals surface area contributed by atoms with E-state index in [1.165, 1.54) is 52.2 Å². The molecule has 5 bridgehead atoms. The zero-order chi connectivity index (χ0) is 60.9. The van der Waals surface area contributed by atoms with E-state index in [-0.39, 0.29) is 67.6 Å². The van der Waals surface area contributed by atoms with E-state index in [0.29, 0.717) is 24.7 Å². The Hall–Kier alpha value is -8.18. The van der Waals surface area contributed by atoms with Crippen LogP contribution < -0.4 is 36.3 Å². The molecular weight excluding hydrogens is 1080 g/mol. The number of fused-ring (bicyclic) bond motifs is 14. The highest BCUT2D eigenvalue weighted by Gasteiger charge is 2.44. The van der Waals surface area contributed by atoms with E-state index in [1.54, 1.807) is 52.8 Å². The lowest BCUT2D eigenvalue weighted by atomic mass is 9.77. The van der Waals surface area contributed by atoms with Gasteiger partial charge in [0.25, 0.3) is 5.91 Å². The number of hydrogen-bond acceptors (Lipinski definition) is 21. The number of amides is 2. The first-order valence-corrected chi connectivity index (χ1v) is 27.6. The zero-order valence-corrected chi connectivity index (χ0v) is 48.4. The third-order valence-corrected chi connectivity index (χ3v) is 15.7. The van der Waals surface area contributed by atoms with Crippen molar-refractivity contribution in [2.75, 3.05) is 49.5 Å². The average Bonchev–Trinajstić information content (AvgIpc) is 3.19. The SMILES string of the molecule is CC(=O)O[C@H]1[C@H](C)[C@H](O)[C@H](C)[C@@H](OC(=O)COC(=O)CCC(=O)NC(C=O)C=O)[C@@H](C)/C=C/C=C(/C)C(=O)Nc2c(=O)c3c(O)c(C)c4c(c3c3nc5c(=O)cc(N6CCN(CC(C)C)CC6)cc5oc23)=C(O)[C@@](C)(O/C=C/[C@H](C)[C@H]1C)O4. The van der Waals surface area contributed by atoms with Crippen LogP contribution in [0.3, 0.4) is 0 Å². The molecule has 3 aromatic carbocycles. The summed E-state index contributed by atoms with van der Waals surface area (Å²) in [5.74, 6) is -10.6. The Bertz CT molecular complexity index is 3480. The second kappa shape index (κ2) is 25.9. The summed E-state index contributed by atoms with van der Waals surface area (Å²) in [4.78, 5) is 126. The zero-order valence-electron chi connectivity index (χ0n) is 48.4. The fourth-order valence-electron chi connectivity index (χ4n) is 10.8. The van der Waals surface area contributed by atoms with Gasteiger partial charge in [-0.3, -0.25) is 33.7 Å². The maximum atomic E-state index is 15.1. The molecular formula is C60H73N5O18. The first-order chi connectivity index (χ1) is 39.2. The number of aliphatic hydroxyl groups excluding tert-OH is 2. The molecule has 446 valence electrons. The molecule has 23 nitrogen and oxygen atoms in total. The second-order valence-corrected chi connectivity index (χ2v) is 22.4. The normalized spacial score (nSPS) is 26.0. The van der Waals surface area contributed by atoms with Crippen LogP contribution in [0.2, 0.25) is 0 Å². The lowest BCUT2D eigenvalue weighted by molar-refractivity contribution is -0.170. The number of anilines is 2. The van der Waals surface area contributed by atoms with E-state index in [1.807, 2.05) is 4.90 Å². The minimum atomic E-state index is -2.02. The Morgan fingerprint density at radius 2 is 1.55 bits per heavy atom. The third-order valence-electron chi connectivity index (χ3n) is 15.7. The molecule has 4 aliphatic heterocycles. The van der Waals surface area contributed by atoms with Gasteiger partial charge in [-0.2, -0.15) is 0 Å². The smallest absolute Gasteiger partial charge is 0.344 e. The summed E-state index contributed by atoms with van der Waals surface area (Å²) in [7, 11) is 0. The van der Waals surface area contributed by atoms with E-state index < -0.39 is 137 Å². The van der Waals surface area contributed by atoms with Crippen LogP contribution in [-0.2, 0) is 52.5 Å². The molecule has 1 saturated heterocycles. The minimum Gasteiger partial charge on any atom is -0.507 e. The monoisotopic (exact) mass is 1150 g/mol. The number of ether oxygens (including phenoxy) is 5. The third kappa shape index (κ3) is 13.5. The van der Waals surface area contributed by atoms with Crippen LogP contribution >= 0.6 is 0 Å². The molecule has 0 spiro atoms. The van der Waals surface area contributed by atoms with Crippen LogP contribution in [0.25, 0.3) is 38.7 Å². The second-order valence-electron chi connectivity index (χ2n) is 22.4. The predicted octanol–water partition coefficient (Wildman–Crippen LogP) is 4.72. The number of carbonyl (C=O) groups excluding carboxylic acids is 7. The van der Waals surface area contributed by atoms with Crippen molar-refractivity contribution in [1.29, 1.82) is 0 Å². The molecule has 0 unspecified atom stereocenters. The Morgan fingerprint density at radius 1 is 0.880 bits per heavy atom. The molecule has 2 amide bonds. The number of aldehydes is 2. The topological polar surface area (TPSA) is 317 Å². The number of piperazine rings is 1. The first kappa shape index (κ1) is 62.4. The minimum absolute atomic E-state index is 0.0143. The van der Waals surface area contributed by atoms with Crippen LogP contribution in [0.1, 0.15) is 87.6 Å². The van der Waals surface area contributed by atoms with Gasteiger partial charge in [0.05, 0.1) is 29.4 Å². The molecule has 1 aromatic heterocycles. The summed E-state index contributed by atoms with van der Waals surface area (Å²) < 4.78 is 35.9. The van der Waals surface area contributed by atoms with Crippen molar-refractivity contribution in [2.45, 2.75) is 119 Å². The summed E-state index contributed by atoms with van der Waals surface area (Å²) in [6, 6.07) is 1.69. The summed E-state index contributed by atoms with van der Waals surface area (Å²) in [5.41, 5.74) is -1.94. The standard InChI is InChI=1S/C60H73N5O18/c1-29(2)25-64-18-20-65(21-19-64)39-23-40(69)48-41(24-39)81-57-49(62-48)45-46-52(74)36(9)56-47(45)58(76)60(11,83-56)79-22-17-30(3)33(6)55(80-37(10)68)35(8)51(73)34(7)54(31(4)13-12-14-32(5)59(77)63-50(57)53(46)75)82-44(72)28-78-43(71)16-15-42(70)61-38(26-66)27-67/h12-14,17,22-24,26-27,29-31,33-35,38,51,54-55,73-74,76H,15-16,18-21,25,28H2,1-11H3,(H,61,70)(H,63,77)/b13-12+,22-17+,32-14-/t30-,31-,33+,34-,35+,51+,54-,55+,60-/m0/s1. The predicted molar refractivity (Wildman–Crippen MR) is 305 cm³/mol. The van der Waals surface area contributed by atoms with Crippen molar-refractivity contribution in [1.82, 2.24) is 15.2 Å². The van der Waals surface area contributed by atoms with E-state index in [0.717, 1.165) is 19.6 Å². The van der Waals surface area contributed by atoms with Crippen molar-refractivity contribution in [3.05, 3.63) is 79.5 Å². The molecule has 5 heterocycles. The maximum Gasteiger partial charge on any atom is 0.344 e.